The van der Waals surface area contributed by atoms with Gasteiger partial charge >= 0.3 is 5.97 Å². The number of hydrogen-bond acceptors (Lipinski definition) is 3. The zero-order valence-electron chi connectivity index (χ0n) is 10.4. The Labute approximate surface area is 119 Å². The first-order valence-electron chi connectivity index (χ1n) is 5.75. The fourth-order valence-corrected chi connectivity index (χ4v) is 2.28. The van der Waals surface area contributed by atoms with Gasteiger partial charge < -0.3 is 10.4 Å². The number of aromatic nitrogens is 1. The minimum absolute atomic E-state index is 0.0577. The molecule has 1 aromatic carbocycles. The zero-order chi connectivity index (χ0) is 13.8. The molecule has 1 heterocycles. The standard InChI is InChI=1S/C14H13BrN2O2/c1-9-5-6-12(11(15)7-9)16-8-10-3-2-4-13(17-10)14(18)19/h2-7,16H,8H2,1H3,(H,18,19). The number of nitrogens with zero attached hydrogens (tertiary/aromatic N) is 1. The van der Waals surface area contributed by atoms with Crippen molar-refractivity contribution in [3.05, 3.63) is 57.8 Å². The van der Waals surface area contributed by atoms with Crippen LogP contribution in [0.15, 0.2) is 40.9 Å². The summed E-state index contributed by atoms with van der Waals surface area (Å²) in [7, 11) is 0. The van der Waals surface area contributed by atoms with Crippen LogP contribution in [-0.2, 0) is 6.54 Å². The van der Waals surface area contributed by atoms with Gasteiger partial charge in [0.15, 0.2) is 0 Å². The molecule has 2 rings (SSSR count). The molecule has 0 spiro atoms. The summed E-state index contributed by atoms with van der Waals surface area (Å²) in [6.07, 6.45) is 0. The normalized spacial score (nSPS) is 10.2. The maximum absolute atomic E-state index is 10.8. The van der Waals surface area contributed by atoms with Crippen LogP contribution in [0.5, 0.6) is 0 Å². The van der Waals surface area contributed by atoms with Crippen LogP contribution in [0.4, 0.5) is 5.69 Å². The highest BCUT2D eigenvalue weighted by Gasteiger charge is 2.05. The van der Waals surface area contributed by atoms with Crippen LogP contribution in [0, 0.1) is 6.92 Å². The molecule has 98 valence electrons. The number of halogens is 1. The number of carbonyl (C=O) groups is 1. The van der Waals surface area contributed by atoms with E-state index in [1.54, 1.807) is 12.1 Å². The summed E-state index contributed by atoms with van der Waals surface area (Å²) in [4.78, 5) is 14.9. The molecule has 0 amide bonds. The lowest BCUT2D eigenvalue weighted by Crippen LogP contribution is -2.06. The van der Waals surface area contributed by atoms with Crippen molar-refractivity contribution in [2.45, 2.75) is 13.5 Å². The summed E-state index contributed by atoms with van der Waals surface area (Å²) in [5.41, 5.74) is 2.87. The minimum atomic E-state index is -1.02. The van der Waals surface area contributed by atoms with E-state index in [4.69, 9.17) is 5.11 Å². The second-order valence-corrected chi connectivity index (χ2v) is 5.01. The van der Waals surface area contributed by atoms with Gasteiger partial charge in [-0.1, -0.05) is 12.1 Å². The lowest BCUT2D eigenvalue weighted by molar-refractivity contribution is 0.0690. The maximum Gasteiger partial charge on any atom is 0.354 e. The number of aromatic carboxylic acids is 1. The van der Waals surface area contributed by atoms with Crippen LogP contribution >= 0.6 is 15.9 Å². The number of rotatable bonds is 4. The summed E-state index contributed by atoms with van der Waals surface area (Å²) in [6.45, 7) is 2.50. The molecule has 0 aliphatic heterocycles. The minimum Gasteiger partial charge on any atom is -0.477 e. The average molecular weight is 321 g/mol. The monoisotopic (exact) mass is 320 g/mol. The molecule has 0 bridgehead atoms. The SMILES string of the molecule is Cc1ccc(NCc2cccc(C(=O)O)n2)c(Br)c1. The van der Waals surface area contributed by atoms with Crippen molar-refractivity contribution >= 4 is 27.6 Å². The average Bonchev–Trinajstić information content (AvgIpc) is 2.38. The molecule has 0 unspecified atom stereocenters. The van der Waals surface area contributed by atoms with E-state index in [1.165, 1.54) is 11.6 Å². The molecule has 0 radical (unpaired) electrons. The number of anilines is 1. The van der Waals surface area contributed by atoms with Gasteiger partial charge in [0.2, 0.25) is 0 Å². The Balaban J connectivity index is 2.10. The van der Waals surface area contributed by atoms with E-state index in [1.807, 2.05) is 25.1 Å². The Morgan fingerprint density at radius 2 is 2.16 bits per heavy atom. The summed E-state index contributed by atoms with van der Waals surface area (Å²) < 4.78 is 0.974. The number of carboxylic acid groups (broad SMARTS) is 1. The quantitative estimate of drug-likeness (QED) is 0.905. The predicted molar refractivity (Wildman–Crippen MR) is 77.4 cm³/mol. The molecule has 0 atom stereocenters. The van der Waals surface area contributed by atoms with E-state index < -0.39 is 5.97 Å². The molecule has 0 aliphatic carbocycles. The Bertz CT molecular complexity index is 614. The largest absolute Gasteiger partial charge is 0.477 e. The first-order valence-corrected chi connectivity index (χ1v) is 6.55. The van der Waals surface area contributed by atoms with Gasteiger partial charge in [0.05, 0.1) is 12.2 Å². The molecule has 0 aliphatic rings. The van der Waals surface area contributed by atoms with Crippen molar-refractivity contribution in [1.82, 2.24) is 4.98 Å². The summed E-state index contributed by atoms with van der Waals surface area (Å²) in [6, 6.07) is 11.0. The van der Waals surface area contributed by atoms with Crippen LogP contribution in [0.2, 0.25) is 0 Å². The highest BCUT2D eigenvalue weighted by atomic mass is 79.9. The molecule has 2 aromatic rings. The zero-order valence-corrected chi connectivity index (χ0v) is 11.9. The van der Waals surface area contributed by atoms with Gasteiger partial charge in [-0.3, -0.25) is 0 Å². The molecule has 5 heteroatoms. The molecular weight excluding hydrogens is 308 g/mol. The Kier molecular flexibility index (Phi) is 4.16. The van der Waals surface area contributed by atoms with Crippen LogP contribution in [0.1, 0.15) is 21.7 Å². The van der Waals surface area contributed by atoms with E-state index in [0.717, 1.165) is 10.2 Å². The number of carboxylic acids is 1. The van der Waals surface area contributed by atoms with Crippen LogP contribution in [-0.4, -0.2) is 16.1 Å². The second-order valence-electron chi connectivity index (χ2n) is 4.16. The molecule has 4 nitrogen and oxygen atoms in total. The van der Waals surface area contributed by atoms with Crippen LogP contribution < -0.4 is 5.32 Å². The molecule has 19 heavy (non-hydrogen) atoms. The molecule has 0 fully saturated rings. The third-order valence-electron chi connectivity index (χ3n) is 2.61. The van der Waals surface area contributed by atoms with Gasteiger partial charge in [-0.05, 0) is 52.7 Å². The number of hydrogen-bond donors (Lipinski definition) is 2. The van der Waals surface area contributed by atoms with Crippen molar-refractivity contribution in [2.24, 2.45) is 0 Å². The highest BCUT2D eigenvalue weighted by molar-refractivity contribution is 9.10. The van der Waals surface area contributed by atoms with Crippen molar-refractivity contribution < 1.29 is 9.90 Å². The number of pyridine rings is 1. The molecular formula is C14H13BrN2O2. The van der Waals surface area contributed by atoms with E-state index in [0.29, 0.717) is 12.2 Å². The number of benzene rings is 1. The topological polar surface area (TPSA) is 62.2 Å². The number of aryl methyl sites for hydroxylation is 1. The Morgan fingerprint density at radius 1 is 1.37 bits per heavy atom. The van der Waals surface area contributed by atoms with Crippen LogP contribution in [0.25, 0.3) is 0 Å². The molecule has 0 saturated carbocycles. The lowest BCUT2D eigenvalue weighted by Gasteiger charge is -2.09. The summed E-state index contributed by atoms with van der Waals surface area (Å²) in [5.74, 6) is -1.02. The van der Waals surface area contributed by atoms with Gasteiger partial charge in [-0.25, -0.2) is 9.78 Å². The molecule has 1 aromatic heterocycles. The van der Waals surface area contributed by atoms with Crippen molar-refractivity contribution in [1.29, 1.82) is 0 Å². The first kappa shape index (κ1) is 13.5. The summed E-state index contributed by atoms with van der Waals surface area (Å²) in [5, 5.41) is 12.1. The van der Waals surface area contributed by atoms with Gasteiger partial charge in [-0.2, -0.15) is 0 Å². The van der Waals surface area contributed by atoms with Crippen molar-refractivity contribution in [3.63, 3.8) is 0 Å². The van der Waals surface area contributed by atoms with Gasteiger partial charge in [0, 0.05) is 10.2 Å². The van der Waals surface area contributed by atoms with E-state index in [9.17, 15) is 4.79 Å². The fraction of sp³-hybridized carbons (Fsp3) is 0.143. The van der Waals surface area contributed by atoms with E-state index in [2.05, 4.69) is 26.2 Å². The second kappa shape index (κ2) is 5.84. The highest BCUT2D eigenvalue weighted by Crippen LogP contribution is 2.23. The number of nitrogens with one attached hydrogen (secondary N) is 1. The van der Waals surface area contributed by atoms with Gasteiger partial charge in [-0.15, -0.1) is 0 Å². The van der Waals surface area contributed by atoms with Gasteiger partial charge in [0.25, 0.3) is 0 Å². The third kappa shape index (κ3) is 3.54. The van der Waals surface area contributed by atoms with E-state index >= 15 is 0 Å². The Hall–Kier alpha value is -1.88. The smallest absolute Gasteiger partial charge is 0.354 e. The third-order valence-corrected chi connectivity index (χ3v) is 3.27. The van der Waals surface area contributed by atoms with Gasteiger partial charge in [0.1, 0.15) is 5.69 Å². The summed E-state index contributed by atoms with van der Waals surface area (Å²) >= 11 is 3.48. The maximum atomic E-state index is 10.8. The molecule has 0 saturated heterocycles. The predicted octanol–water partition coefficient (Wildman–Crippen LogP) is 3.46. The fourth-order valence-electron chi connectivity index (χ4n) is 1.65. The van der Waals surface area contributed by atoms with Crippen molar-refractivity contribution in [2.75, 3.05) is 5.32 Å². The molecule has 2 N–H and O–H groups in total. The lowest BCUT2D eigenvalue weighted by atomic mass is 10.2. The first-order chi connectivity index (χ1) is 9.06. The Morgan fingerprint density at radius 3 is 2.84 bits per heavy atom. The van der Waals surface area contributed by atoms with Crippen molar-refractivity contribution in [3.8, 4) is 0 Å². The van der Waals surface area contributed by atoms with E-state index in [-0.39, 0.29) is 5.69 Å². The van der Waals surface area contributed by atoms with Crippen LogP contribution in [0.3, 0.4) is 0 Å².